The minimum absolute atomic E-state index is 0.156. The Labute approximate surface area is 222 Å². The van der Waals surface area contributed by atoms with Crippen LogP contribution in [0, 0.1) is 34.3 Å². The van der Waals surface area contributed by atoms with E-state index in [4.69, 9.17) is 15.1 Å². The number of morpholine rings is 1. The molecule has 0 aromatic heterocycles. The van der Waals surface area contributed by atoms with E-state index in [1.165, 1.54) is 36.1 Å². The summed E-state index contributed by atoms with van der Waals surface area (Å²) in [6.07, 6.45) is 6.81. The number of hydrogen-bond acceptors (Lipinski definition) is 4. The van der Waals surface area contributed by atoms with Crippen molar-refractivity contribution in [3.8, 4) is 0 Å². The lowest BCUT2D eigenvalue weighted by atomic mass is 9.65. The summed E-state index contributed by atoms with van der Waals surface area (Å²) in [5.41, 5.74) is 3.37. The normalized spacial score (nSPS) is 27.0. The van der Waals surface area contributed by atoms with Gasteiger partial charge in [-0.1, -0.05) is 24.6 Å². The summed E-state index contributed by atoms with van der Waals surface area (Å²) >= 11 is 0. The number of ether oxygens (including phenoxy) is 1. The Morgan fingerprint density at radius 1 is 1.21 bits per heavy atom. The first kappa shape index (κ1) is 26.2. The molecule has 6 nitrogen and oxygen atoms in total. The first-order chi connectivity index (χ1) is 18.4. The summed E-state index contributed by atoms with van der Waals surface area (Å²) in [5.74, 6) is -0.555. The van der Waals surface area contributed by atoms with Gasteiger partial charge in [0.15, 0.2) is 0 Å². The van der Waals surface area contributed by atoms with Crippen LogP contribution < -0.4 is 5.32 Å². The second kappa shape index (κ2) is 11.2. The number of amides is 2. The first-order valence-electron chi connectivity index (χ1n) is 13.3. The first-order valence-corrected chi connectivity index (χ1v) is 13.3. The van der Waals surface area contributed by atoms with Crippen LogP contribution in [0.25, 0.3) is 0 Å². The standard InChI is InChI=1S/C30H34F2N4O2/c1-30-18-21(19-33)28(34-26-9-7-24(31)8-10-26)17-23(30)6-5-22(30)16-27(20-3-2-4-25(32)15-20)35-29(37)36-11-13-38-14-12-36/h2-4,7-10,15,17,19,21-22,27,33H,5-6,11-14,16,18H2,1H3,(H,35,37). The summed E-state index contributed by atoms with van der Waals surface area (Å²) in [7, 11) is 0. The Kier molecular flexibility index (Phi) is 7.70. The van der Waals surface area contributed by atoms with E-state index in [1.807, 2.05) is 6.07 Å². The highest BCUT2D eigenvalue weighted by molar-refractivity contribution is 6.08. The van der Waals surface area contributed by atoms with Crippen molar-refractivity contribution in [1.29, 1.82) is 5.41 Å². The Morgan fingerprint density at radius 3 is 2.68 bits per heavy atom. The molecule has 1 heterocycles. The van der Waals surface area contributed by atoms with Gasteiger partial charge >= 0.3 is 6.03 Å². The highest BCUT2D eigenvalue weighted by atomic mass is 19.1. The summed E-state index contributed by atoms with van der Waals surface area (Å²) in [4.78, 5) is 19.6. The number of urea groups is 1. The molecule has 38 heavy (non-hydrogen) atoms. The number of halogens is 2. The van der Waals surface area contributed by atoms with Crippen molar-refractivity contribution >= 4 is 23.6 Å². The predicted octanol–water partition coefficient (Wildman–Crippen LogP) is 6.22. The topological polar surface area (TPSA) is 77.8 Å². The smallest absolute Gasteiger partial charge is 0.318 e. The van der Waals surface area contributed by atoms with Gasteiger partial charge in [-0.3, -0.25) is 4.99 Å². The van der Waals surface area contributed by atoms with Gasteiger partial charge in [-0.25, -0.2) is 13.6 Å². The molecule has 2 aliphatic carbocycles. The van der Waals surface area contributed by atoms with Gasteiger partial charge in [0.25, 0.3) is 0 Å². The van der Waals surface area contributed by atoms with E-state index in [1.54, 1.807) is 23.1 Å². The van der Waals surface area contributed by atoms with Crippen LogP contribution in [0.4, 0.5) is 19.3 Å². The fraction of sp³-hybridized carbons (Fsp3) is 0.433. The Bertz CT molecular complexity index is 1240. The fourth-order valence-corrected chi connectivity index (χ4v) is 6.17. The number of nitrogens with one attached hydrogen (secondary N) is 2. The predicted molar refractivity (Wildman–Crippen MR) is 144 cm³/mol. The van der Waals surface area contributed by atoms with Crippen LogP contribution in [0.3, 0.4) is 0 Å². The molecule has 8 heteroatoms. The number of rotatable bonds is 6. The molecule has 3 aliphatic rings. The monoisotopic (exact) mass is 520 g/mol. The third kappa shape index (κ3) is 5.55. The second-order valence-electron chi connectivity index (χ2n) is 10.7. The third-order valence-electron chi connectivity index (χ3n) is 8.40. The Hall–Kier alpha value is -3.39. The number of aliphatic imine (C=N–C) groups is 1. The average Bonchev–Trinajstić information content (AvgIpc) is 3.24. The minimum Gasteiger partial charge on any atom is -0.378 e. The van der Waals surface area contributed by atoms with E-state index in [-0.39, 0.29) is 41.0 Å². The lowest BCUT2D eigenvalue weighted by Gasteiger charge is -2.40. The van der Waals surface area contributed by atoms with Gasteiger partial charge < -0.3 is 20.4 Å². The summed E-state index contributed by atoms with van der Waals surface area (Å²) in [6.45, 7) is 4.34. The highest BCUT2D eigenvalue weighted by Crippen LogP contribution is 2.56. The summed E-state index contributed by atoms with van der Waals surface area (Å²) in [5, 5.41) is 11.3. The summed E-state index contributed by atoms with van der Waals surface area (Å²) in [6, 6.07) is 12.1. The van der Waals surface area contributed by atoms with Gasteiger partial charge in [-0.05, 0) is 85.1 Å². The van der Waals surface area contributed by atoms with Gasteiger partial charge in [0.2, 0.25) is 0 Å². The van der Waals surface area contributed by atoms with Crippen LogP contribution in [0.5, 0.6) is 0 Å². The zero-order chi connectivity index (χ0) is 26.7. The number of fused-ring (bicyclic) bond motifs is 1. The largest absolute Gasteiger partial charge is 0.378 e. The molecule has 2 aromatic rings. The molecule has 0 radical (unpaired) electrons. The molecule has 1 aliphatic heterocycles. The molecule has 4 atom stereocenters. The van der Waals surface area contributed by atoms with E-state index < -0.39 is 0 Å². The quantitative estimate of drug-likeness (QED) is 0.444. The van der Waals surface area contributed by atoms with Crippen LogP contribution in [0.1, 0.15) is 44.2 Å². The van der Waals surface area contributed by atoms with Gasteiger partial charge in [0.1, 0.15) is 11.6 Å². The maximum absolute atomic E-state index is 14.2. The van der Waals surface area contributed by atoms with Gasteiger partial charge in [0.05, 0.1) is 24.9 Å². The highest BCUT2D eigenvalue weighted by Gasteiger charge is 2.47. The molecule has 1 saturated heterocycles. The van der Waals surface area contributed by atoms with Crippen molar-refractivity contribution in [3.63, 3.8) is 0 Å². The molecule has 2 N–H and O–H groups in total. The average molecular weight is 521 g/mol. The van der Waals surface area contributed by atoms with E-state index in [2.05, 4.69) is 18.3 Å². The minimum atomic E-state index is -0.338. The molecular formula is C30H34F2N4O2. The van der Waals surface area contributed by atoms with Crippen molar-refractivity contribution in [3.05, 3.63) is 77.4 Å². The number of carbonyl (C=O) groups excluding carboxylic acids is 1. The maximum Gasteiger partial charge on any atom is 0.318 e. The molecule has 1 saturated carbocycles. The van der Waals surface area contributed by atoms with Gasteiger partial charge in [-0.15, -0.1) is 0 Å². The van der Waals surface area contributed by atoms with Crippen molar-refractivity contribution < 1.29 is 18.3 Å². The van der Waals surface area contributed by atoms with E-state index in [0.29, 0.717) is 38.4 Å². The van der Waals surface area contributed by atoms with Crippen LogP contribution in [-0.2, 0) is 4.74 Å². The molecule has 2 aromatic carbocycles. The molecule has 2 amide bonds. The maximum atomic E-state index is 14.2. The Balaban J connectivity index is 1.40. The molecule has 5 rings (SSSR count). The zero-order valence-corrected chi connectivity index (χ0v) is 21.6. The van der Waals surface area contributed by atoms with Crippen LogP contribution in [-0.4, -0.2) is 49.2 Å². The van der Waals surface area contributed by atoms with Crippen LogP contribution >= 0.6 is 0 Å². The lowest BCUT2D eigenvalue weighted by Crippen LogP contribution is -2.47. The van der Waals surface area contributed by atoms with Gasteiger partial charge in [0, 0.05) is 30.9 Å². The van der Waals surface area contributed by atoms with E-state index >= 15 is 0 Å². The van der Waals surface area contributed by atoms with Gasteiger partial charge in [-0.2, -0.15) is 0 Å². The molecule has 200 valence electrons. The second-order valence-corrected chi connectivity index (χ2v) is 10.7. The Morgan fingerprint density at radius 2 is 1.97 bits per heavy atom. The lowest BCUT2D eigenvalue weighted by molar-refractivity contribution is 0.0520. The third-order valence-corrected chi connectivity index (χ3v) is 8.40. The number of nitrogens with zero attached hydrogens (tertiary/aromatic N) is 2. The molecule has 2 fully saturated rings. The number of allylic oxidation sites excluding steroid dienone is 2. The number of hydrogen-bond donors (Lipinski definition) is 2. The van der Waals surface area contributed by atoms with Crippen molar-refractivity contribution in [2.75, 3.05) is 26.3 Å². The SMILES string of the molecule is CC12CC(C=N)C(=Nc3ccc(F)cc3)C=C1CCC2CC(NC(=O)N1CCOCC1)c1cccc(F)c1. The molecule has 4 unspecified atom stereocenters. The van der Waals surface area contributed by atoms with Crippen LogP contribution in [0.15, 0.2) is 65.2 Å². The van der Waals surface area contributed by atoms with Crippen molar-refractivity contribution in [2.24, 2.45) is 22.2 Å². The number of benzene rings is 2. The molecule has 0 bridgehead atoms. The summed E-state index contributed by atoms with van der Waals surface area (Å²) < 4.78 is 33.0. The van der Waals surface area contributed by atoms with E-state index in [0.717, 1.165) is 30.5 Å². The fourth-order valence-electron chi connectivity index (χ4n) is 6.17. The molecular weight excluding hydrogens is 486 g/mol. The zero-order valence-electron chi connectivity index (χ0n) is 21.6. The van der Waals surface area contributed by atoms with Crippen molar-refractivity contribution in [2.45, 2.75) is 38.6 Å². The van der Waals surface area contributed by atoms with Crippen LogP contribution in [0.2, 0.25) is 0 Å². The molecule has 0 spiro atoms. The number of carbonyl (C=O) groups is 1. The van der Waals surface area contributed by atoms with Crippen molar-refractivity contribution in [1.82, 2.24) is 10.2 Å². The van der Waals surface area contributed by atoms with E-state index in [9.17, 15) is 13.6 Å².